The first-order chi connectivity index (χ1) is 8.96. The molecule has 0 amide bonds. The summed E-state index contributed by atoms with van der Waals surface area (Å²) in [6.07, 6.45) is 3.54. The first-order valence-electron chi connectivity index (χ1n) is 5.71. The molecule has 1 aromatic rings. The van der Waals surface area contributed by atoms with Crippen molar-refractivity contribution in [2.24, 2.45) is 0 Å². The minimum atomic E-state index is -3.43. The van der Waals surface area contributed by atoms with Crippen LogP contribution in [0.4, 0.5) is 0 Å². The third-order valence-electron chi connectivity index (χ3n) is 2.25. The normalized spacial score (nSPS) is 11.1. The van der Waals surface area contributed by atoms with Gasteiger partial charge in [-0.2, -0.15) is 8.42 Å². The highest BCUT2D eigenvalue weighted by atomic mass is 32.2. The van der Waals surface area contributed by atoms with E-state index < -0.39 is 10.1 Å². The summed E-state index contributed by atoms with van der Waals surface area (Å²) in [4.78, 5) is 0. The van der Waals surface area contributed by atoms with E-state index in [0.29, 0.717) is 11.5 Å². The molecule has 0 fully saturated rings. The Balaban J connectivity index is 2.60. The maximum Gasteiger partial charge on any atom is 0.264 e. The molecule has 0 saturated heterocycles. The van der Waals surface area contributed by atoms with Crippen molar-refractivity contribution < 1.29 is 22.1 Å². The Hall–Kier alpha value is -1.53. The maximum atomic E-state index is 10.8. The molecule has 5 nitrogen and oxygen atoms in total. The molecule has 0 heterocycles. The fourth-order valence-electron chi connectivity index (χ4n) is 1.46. The first kappa shape index (κ1) is 15.5. The molecular weight excluding hydrogens is 268 g/mol. The summed E-state index contributed by atoms with van der Waals surface area (Å²) < 4.78 is 36.7. The van der Waals surface area contributed by atoms with Crippen LogP contribution >= 0.6 is 0 Å². The van der Waals surface area contributed by atoms with Gasteiger partial charge in [-0.1, -0.05) is 12.1 Å². The van der Waals surface area contributed by atoms with E-state index in [0.717, 1.165) is 18.2 Å². The van der Waals surface area contributed by atoms with Crippen molar-refractivity contribution in [2.45, 2.75) is 6.42 Å². The van der Waals surface area contributed by atoms with Crippen LogP contribution in [-0.4, -0.2) is 35.0 Å². The number of hydrogen-bond donors (Lipinski definition) is 0. The lowest BCUT2D eigenvalue weighted by atomic mass is 10.1. The predicted molar refractivity (Wildman–Crippen MR) is 73.2 cm³/mol. The van der Waals surface area contributed by atoms with Gasteiger partial charge in [-0.25, -0.2) is 0 Å². The summed E-state index contributed by atoms with van der Waals surface area (Å²) in [5, 5.41) is 0. The lowest BCUT2D eigenvalue weighted by Crippen LogP contribution is -2.11. The van der Waals surface area contributed by atoms with Gasteiger partial charge >= 0.3 is 0 Å². The van der Waals surface area contributed by atoms with E-state index in [1.807, 2.05) is 12.1 Å². The number of allylic oxidation sites excluding steroid dienone is 1. The number of benzene rings is 1. The van der Waals surface area contributed by atoms with E-state index in [1.165, 1.54) is 0 Å². The van der Waals surface area contributed by atoms with Crippen LogP contribution in [-0.2, 0) is 20.7 Å². The average Bonchev–Trinajstić information content (AvgIpc) is 2.35. The summed E-state index contributed by atoms with van der Waals surface area (Å²) in [5.74, 6) is 1.14. The molecule has 1 aromatic carbocycles. The lowest BCUT2D eigenvalue weighted by Gasteiger charge is -2.11. The molecule has 0 aliphatic heterocycles. The second-order valence-electron chi connectivity index (χ2n) is 3.85. The Morgan fingerprint density at radius 2 is 2.00 bits per heavy atom. The summed E-state index contributed by atoms with van der Waals surface area (Å²) in [7, 11) is -1.88. The molecule has 6 heteroatoms. The Morgan fingerprint density at radius 1 is 1.26 bits per heavy atom. The van der Waals surface area contributed by atoms with E-state index in [-0.39, 0.29) is 13.2 Å². The van der Waals surface area contributed by atoms with Crippen LogP contribution in [0.2, 0.25) is 0 Å². The topological polar surface area (TPSA) is 61.8 Å². The highest BCUT2D eigenvalue weighted by Gasteiger charge is 2.06. The van der Waals surface area contributed by atoms with Gasteiger partial charge in [0.15, 0.2) is 11.5 Å². The van der Waals surface area contributed by atoms with Gasteiger partial charge in [0, 0.05) is 0 Å². The number of hydrogen-bond acceptors (Lipinski definition) is 5. The minimum absolute atomic E-state index is 0.0314. The van der Waals surface area contributed by atoms with Crippen LogP contribution in [0.1, 0.15) is 5.56 Å². The number of rotatable bonds is 8. The Morgan fingerprint density at radius 3 is 2.58 bits per heavy atom. The van der Waals surface area contributed by atoms with Gasteiger partial charge < -0.3 is 9.47 Å². The van der Waals surface area contributed by atoms with E-state index in [4.69, 9.17) is 9.47 Å². The SMILES string of the molecule is C=CCc1ccc(OCCOS(C)(=O)=O)c(OC)c1. The standard InChI is InChI=1S/C13H18O5S/c1-4-5-11-6-7-12(13(10-11)16-2)17-8-9-18-19(3,14)15/h4,6-7,10H,1,5,8-9H2,2-3H3. The molecule has 0 N–H and O–H groups in total. The average molecular weight is 286 g/mol. The van der Waals surface area contributed by atoms with Gasteiger partial charge in [0.05, 0.1) is 13.4 Å². The molecule has 0 unspecified atom stereocenters. The second-order valence-corrected chi connectivity index (χ2v) is 5.50. The Kier molecular flexibility index (Phi) is 5.85. The highest BCUT2D eigenvalue weighted by Crippen LogP contribution is 2.28. The van der Waals surface area contributed by atoms with E-state index in [2.05, 4.69) is 10.8 Å². The van der Waals surface area contributed by atoms with E-state index >= 15 is 0 Å². The van der Waals surface area contributed by atoms with Crippen molar-refractivity contribution in [2.75, 3.05) is 26.6 Å². The summed E-state index contributed by atoms with van der Waals surface area (Å²) >= 11 is 0. The predicted octanol–water partition coefficient (Wildman–Crippen LogP) is 1.78. The van der Waals surface area contributed by atoms with Crippen molar-refractivity contribution in [3.05, 3.63) is 36.4 Å². The van der Waals surface area contributed by atoms with Crippen molar-refractivity contribution in [1.82, 2.24) is 0 Å². The fourth-order valence-corrected chi connectivity index (χ4v) is 1.83. The third-order valence-corrected chi connectivity index (χ3v) is 2.84. The monoisotopic (exact) mass is 286 g/mol. The zero-order valence-electron chi connectivity index (χ0n) is 11.1. The molecular formula is C13H18O5S. The zero-order chi connectivity index (χ0) is 14.3. The molecule has 0 aliphatic carbocycles. The van der Waals surface area contributed by atoms with Crippen LogP contribution in [0.15, 0.2) is 30.9 Å². The number of ether oxygens (including phenoxy) is 2. The molecule has 0 spiro atoms. The third kappa shape index (κ3) is 5.76. The minimum Gasteiger partial charge on any atom is -0.493 e. The number of methoxy groups -OCH3 is 1. The van der Waals surface area contributed by atoms with Crippen molar-refractivity contribution in [1.29, 1.82) is 0 Å². The quantitative estimate of drug-likeness (QED) is 0.414. The molecule has 0 saturated carbocycles. The molecule has 0 aromatic heterocycles. The van der Waals surface area contributed by atoms with Crippen LogP contribution in [0.5, 0.6) is 11.5 Å². The molecule has 0 aliphatic rings. The van der Waals surface area contributed by atoms with Crippen molar-refractivity contribution >= 4 is 10.1 Å². The summed E-state index contributed by atoms with van der Waals surface area (Å²) in [6.45, 7) is 3.77. The van der Waals surface area contributed by atoms with Crippen LogP contribution in [0, 0.1) is 0 Å². The molecule has 0 radical (unpaired) electrons. The van der Waals surface area contributed by atoms with Crippen LogP contribution < -0.4 is 9.47 Å². The lowest BCUT2D eigenvalue weighted by molar-refractivity contribution is 0.216. The van der Waals surface area contributed by atoms with E-state index in [9.17, 15) is 8.42 Å². The van der Waals surface area contributed by atoms with Gasteiger partial charge in [-0.3, -0.25) is 4.18 Å². The summed E-state index contributed by atoms with van der Waals surface area (Å²) in [5.41, 5.74) is 1.06. The first-order valence-corrected chi connectivity index (χ1v) is 7.53. The Bertz CT molecular complexity index is 522. The maximum absolute atomic E-state index is 10.8. The zero-order valence-corrected chi connectivity index (χ0v) is 11.9. The largest absolute Gasteiger partial charge is 0.493 e. The van der Waals surface area contributed by atoms with Crippen molar-refractivity contribution in [3.8, 4) is 11.5 Å². The molecule has 106 valence electrons. The van der Waals surface area contributed by atoms with Gasteiger partial charge in [0.1, 0.15) is 13.2 Å². The molecule has 0 atom stereocenters. The van der Waals surface area contributed by atoms with Crippen LogP contribution in [0.25, 0.3) is 0 Å². The van der Waals surface area contributed by atoms with Gasteiger partial charge in [0.2, 0.25) is 0 Å². The molecule has 1 rings (SSSR count). The van der Waals surface area contributed by atoms with Gasteiger partial charge in [-0.15, -0.1) is 6.58 Å². The van der Waals surface area contributed by atoms with E-state index in [1.54, 1.807) is 19.3 Å². The van der Waals surface area contributed by atoms with Crippen LogP contribution in [0.3, 0.4) is 0 Å². The summed E-state index contributed by atoms with van der Waals surface area (Å²) in [6, 6.07) is 5.53. The molecule has 19 heavy (non-hydrogen) atoms. The molecule has 0 bridgehead atoms. The van der Waals surface area contributed by atoms with Crippen molar-refractivity contribution in [3.63, 3.8) is 0 Å². The fraction of sp³-hybridized carbons (Fsp3) is 0.385. The van der Waals surface area contributed by atoms with Gasteiger partial charge in [0.25, 0.3) is 10.1 Å². The Labute approximate surface area is 113 Å². The highest BCUT2D eigenvalue weighted by molar-refractivity contribution is 7.85. The van der Waals surface area contributed by atoms with Gasteiger partial charge in [-0.05, 0) is 24.1 Å². The second kappa shape index (κ2) is 7.16. The smallest absolute Gasteiger partial charge is 0.264 e.